The molecule has 0 spiro atoms. The van der Waals surface area contributed by atoms with Crippen LogP contribution in [0.5, 0.6) is 0 Å². The van der Waals surface area contributed by atoms with Gasteiger partial charge in [0, 0.05) is 18.4 Å². The summed E-state index contributed by atoms with van der Waals surface area (Å²) in [6.07, 6.45) is 9.49. The molecule has 0 aromatic rings. The monoisotopic (exact) mass is 363 g/mol. The summed E-state index contributed by atoms with van der Waals surface area (Å²) >= 11 is 0. The molecule has 5 rings (SSSR count). The molecule has 5 nitrogen and oxygen atoms in total. The number of esters is 1. The van der Waals surface area contributed by atoms with Gasteiger partial charge in [-0.05, 0) is 70.1 Å². The first-order valence-corrected chi connectivity index (χ1v) is 10.8. The zero-order chi connectivity index (χ0) is 18.3. The molecular formula is C21H35N2O3+. The lowest BCUT2D eigenvalue weighted by Crippen LogP contribution is -3.17. The number of carbonyl (C=O) groups excluding carboxylic acids is 2. The van der Waals surface area contributed by atoms with Crippen LogP contribution in [0.3, 0.4) is 0 Å². The van der Waals surface area contributed by atoms with E-state index in [2.05, 4.69) is 12.2 Å². The molecular weight excluding hydrogens is 328 g/mol. The van der Waals surface area contributed by atoms with Gasteiger partial charge in [0.1, 0.15) is 0 Å². The van der Waals surface area contributed by atoms with Crippen molar-refractivity contribution in [1.29, 1.82) is 0 Å². The molecule has 5 fully saturated rings. The van der Waals surface area contributed by atoms with Crippen LogP contribution in [0, 0.1) is 23.7 Å². The Morgan fingerprint density at radius 2 is 1.62 bits per heavy atom. The molecule has 5 heteroatoms. The smallest absolute Gasteiger partial charge is 0.309 e. The minimum absolute atomic E-state index is 0.0221. The molecule has 0 radical (unpaired) electrons. The second-order valence-electron chi connectivity index (χ2n) is 9.59. The molecule has 5 aliphatic rings. The molecule has 4 bridgehead atoms. The van der Waals surface area contributed by atoms with E-state index in [0.717, 1.165) is 43.7 Å². The third-order valence-corrected chi connectivity index (χ3v) is 7.68. The lowest BCUT2D eigenvalue weighted by atomic mass is 9.53. The van der Waals surface area contributed by atoms with Gasteiger partial charge in [-0.2, -0.15) is 0 Å². The van der Waals surface area contributed by atoms with E-state index in [1.807, 2.05) is 6.92 Å². The van der Waals surface area contributed by atoms with Gasteiger partial charge in [-0.25, -0.2) is 0 Å². The average Bonchev–Trinajstić information content (AvgIpc) is 2.60. The first-order chi connectivity index (χ1) is 12.5. The lowest BCUT2D eigenvalue weighted by molar-refractivity contribution is -0.919. The van der Waals surface area contributed by atoms with Gasteiger partial charge in [-0.15, -0.1) is 0 Å². The molecule has 1 saturated heterocycles. The van der Waals surface area contributed by atoms with E-state index in [4.69, 9.17) is 4.74 Å². The first kappa shape index (κ1) is 18.3. The number of piperidine rings is 1. The fourth-order valence-electron chi connectivity index (χ4n) is 6.74. The Hall–Kier alpha value is -1.10. The number of rotatable bonds is 5. The van der Waals surface area contributed by atoms with Crippen molar-refractivity contribution in [3.05, 3.63) is 0 Å². The maximum atomic E-state index is 13.0. The summed E-state index contributed by atoms with van der Waals surface area (Å²) in [5.41, 5.74) is 0.1000. The van der Waals surface area contributed by atoms with Crippen LogP contribution in [0.4, 0.5) is 0 Å². The Kier molecular flexibility index (Phi) is 5.02. The van der Waals surface area contributed by atoms with E-state index < -0.39 is 0 Å². The molecule has 4 saturated carbocycles. The van der Waals surface area contributed by atoms with Crippen molar-refractivity contribution in [3.8, 4) is 0 Å². The number of quaternary nitrogens is 1. The highest BCUT2D eigenvalue weighted by Gasteiger charge is 2.52. The fraction of sp³-hybridized carbons (Fsp3) is 0.905. The van der Waals surface area contributed by atoms with Crippen molar-refractivity contribution in [2.45, 2.75) is 76.8 Å². The molecule has 0 aromatic heterocycles. The van der Waals surface area contributed by atoms with Crippen LogP contribution < -0.4 is 10.2 Å². The predicted octanol–water partition coefficient (Wildman–Crippen LogP) is 1.32. The number of nitrogens with one attached hydrogen (secondary N) is 2. The van der Waals surface area contributed by atoms with Gasteiger partial charge in [0.05, 0.1) is 25.6 Å². The van der Waals surface area contributed by atoms with Gasteiger partial charge in [-0.1, -0.05) is 0 Å². The van der Waals surface area contributed by atoms with Crippen LogP contribution in [-0.2, 0) is 14.3 Å². The van der Waals surface area contributed by atoms with Gasteiger partial charge in [0.15, 0.2) is 6.04 Å². The van der Waals surface area contributed by atoms with Crippen LogP contribution >= 0.6 is 0 Å². The van der Waals surface area contributed by atoms with Gasteiger partial charge < -0.3 is 15.0 Å². The highest BCUT2D eigenvalue weighted by atomic mass is 16.5. The lowest BCUT2D eigenvalue weighted by Gasteiger charge is -2.57. The Morgan fingerprint density at radius 3 is 2.12 bits per heavy atom. The molecule has 4 aliphatic carbocycles. The number of hydrogen-bond acceptors (Lipinski definition) is 3. The normalized spacial score (nSPS) is 42.3. The van der Waals surface area contributed by atoms with Crippen LogP contribution in [0.1, 0.15) is 65.2 Å². The molecule has 0 unspecified atom stereocenters. The van der Waals surface area contributed by atoms with Crippen LogP contribution in [-0.4, -0.2) is 43.2 Å². The second kappa shape index (κ2) is 7.14. The van der Waals surface area contributed by atoms with Crippen molar-refractivity contribution in [1.82, 2.24) is 5.32 Å². The van der Waals surface area contributed by atoms with E-state index >= 15 is 0 Å². The second-order valence-corrected chi connectivity index (χ2v) is 9.59. The SMILES string of the molecule is CCOC(=O)C1CC[NH+]([C@H](C)C(=O)NC23CC4CC(CC(C4)C2)C3)CC1. The zero-order valence-electron chi connectivity index (χ0n) is 16.4. The summed E-state index contributed by atoms with van der Waals surface area (Å²) in [7, 11) is 0. The Labute approximate surface area is 157 Å². The van der Waals surface area contributed by atoms with E-state index in [1.165, 1.54) is 43.4 Å². The van der Waals surface area contributed by atoms with Gasteiger partial charge in [0.25, 0.3) is 5.91 Å². The molecule has 26 heavy (non-hydrogen) atoms. The summed E-state index contributed by atoms with van der Waals surface area (Å²) < 4.78 is 5.16. The van der Waals surface area contributed by atoms with Crippen LogP contribution in [0.2, 0.25) is 0 Å². The Balaban J connectivity index is 1.31. The van der Waals surface area contributed by atoms with E-state index in [9.17, 15) is 9.59 Å². The minimum Gasteiger partial charge on any atom is -0.466 e. The number of likely N-dealkylation sites (tertiary alicyclic amines) is 1. The number of hydrogen-bond donors (Lipinski definition) is 2. The number of ether oxygens (including phenoxy) is 1. The van der Waals surface area contributed by atoms with Crippen LogP contribution in [0.25, 0.3) is 0 Å². The molecule has 1 aliphatic heterocycles. The van der Waals surface area contributed by atoms with Crippen molar-refractivity contribution in [2.24, 2.45) is 23.7 Å². The van der Waals surface area contributed by atoms with Crippen LogP contribution in [0.15, 0.2) is 0 Å². The summed E-state index contributed by atoms with van der Waals surface area (Å²) in [4.78, 5) is 26.3. The quantitative estimate of drug-likeness (QED) is 0.724. The third-order valence-electron chi connectivity index (χ3n) is 7.68. The van der Waals surface area contributed by atoms with Crippen molar-refractivity contribution < 1.29 is 19.2 Å². The third kappa shape index (κ3) is 3.51. The number of amides is 1. The molecule has 0 aromatic carbocycles. The van der Waals surface area contributed by atoms with Gasteiger partial charge in [-0.3, -0.25) is 9.59 Å². The summed E-state index contributed by atoms with van der Waals surface area (Å²) in [6, 6.07) is -0.0221. The molecule has 146 valence electrons. The zero-order valence-corrected chi connectivity index (χ0v) is 16.4. The molecule has 2 N–H and O–H groups in total. The maximum absolute atomic E-state index is 13.0. The highest BCUT2D eigenvalue weighted by Crippen LogP contribution is 2.55. The molecule has 1 heterocycles. The fourth-order valence-corrected chi connectivity index (χ4v) is 6.74. The predicted molar refractivity (Wildman–Crippen MR) is 98.6 cm³/mol. The van der Waals surface area contributed by atoms with Crippen molar-refractivity contribution >= 4 is 11.9 Å². The highest BCUT2D eigenvalue weighted by molar-refractivity contribution is 5.81. The Bertz CT molecular complexity index is 518. The van der Waals surface area contributed by atoms with E-state index in [0.29, 0.717) is 6.61 Å². The summed E-state index contributed by atoms with van der Waals surface area (Å²) in [6.45, 7) is 6.15. The maximum Gasteiger partial charge on any atom is 0.309 e. The molecule has 1 amide bonds. The first-order valence-electron chi connectivity index (χ1n) is 10.8. The average molecular weight is 364 g/mol. The van der Waals surface area contributed by atoms with Gasteiger partial charge >= 0.3 is 5.97 Å². The Morgan fingerprint density at radius 1 is 1.08 bits per heavy atom. The van der Waals surface area contributed by atoms with Crippen molar-refractivity contribution in [2.75, 3.05) is 19.7 Å². The van der Waals surface area contributed by atoms with Gasteiger partial charge in [0.2, 0.25) is 0 Å². The van der Waals surface area contributed by atoms with E-state index in [1.54, 1.807) is 0 Å². The van der Waals surface area contributed by atoms with Crippen molar-refractivity contribution in [3.63, 3.8) is 0 Å². The summed E-state index contributed by atoms with van der Waals surface area (Å²) in [5, 5.41) is 3.52. The topological polar surface area (TPSA) is 59.8 Å². The van der Waals surface area contributed by atoms with E-state index in [-0.39, 0.29) is 29.4 Å². The number of carbonyl (C=O) groups is 2. The summed E-state index contributed by atoms with van der Waals surface area (Å²) in [5.74, 6) is 2.75. The minimum atomic E-state index is -0.0581. The standard InChI is InChI=1S/C21H34N2O3/c1-3-26-20(25)18-4-6-23(7-5-18)14(2)19(24)22-21-11-15-8-16(12-21)10-17(9-15)13-21/h14-18H,3-13H2,1-2H3,(H,22,24)/p+1/t14-,15?,16?,17?,21?/m1/s1. The molecule has 1 atom stereocenters. The largest absolute Gasteiger partial charge is 0.466 e.